The van der Waals surface area contributed by atoms with Crippen molar-refractivity contribution in [1.29, 1.82) is 0 Å². The van der Waals surface area contributed by atoms with Gasteiger partial charge in [0.2, 0.25) is 5.91 Å². The Morgan fingerprint density at radius 2 is 2.11 bits per heavy atom. The fourth-order valence-electron chi connectivity index (χ4n) is 3.19. The predicted molar refractivity (Wildman–Crippen MR) is 105 cm³/mol. The van der Waals surface area contributed by atoms with E-state index in [-0.39, 0.29) is 17.7 Å². The van der Waals surface area contributed by atoms with Crippen molar-refractivity contribution >= 4 is 34.7 Å². The van der Waals surface area contributed by atoms with Crippen molar-refractivity contribution < 1.29 is 19.2 Å². The highest BCUT2D eigenvalue weighted by Gasteiger charge is 2.19. The molecule has 8 nitrogen and oxygen atoms in total. The highest BCUT2D eigenvalue weighted by atomic mass is 16.6. The van der Waals surface area contributed by atoms with Crippen LogP contribution in [-0.2, 0) is 20.7 Å². The number of aromatic amines is 1. The van der Waals surface area contributed by atoms with Gasteiger partial charge in [0.15, 0.2) is 0 Å². The molecule has 0 fully saturated rings. The van der Waals surface area contributed by atoms with Crippen LogP contribution in [-0.4, -0.2) is 28.4 Å². The average molecular weight is 381 g/mol. The third kappa shape index (κ3) is 4.01. The number of nitrogens with zero attached hydrogens (tertiary/aromatic N) is 1. The number of nitro benzene ring substituents is 1. The summed E-state index contributed by atoms with van der Waals surface area (Å²) in [6, 6.07) is 12.2. The Morgan fingerprint density at radius 3 is 2.79 bits per heavy atom. The average Bonchev–Trinajstić information content (AvgIpc) is 3.03. The number of hydrogen-bond acceptors (Lipinski definition) is 5. The summed E-state index contributed by atoms with van der Waals surface area (Å²) in [5.74, 6) is -0.181. The van der Waals surface area contributed by atoms with Gasteiger partial charge in [-0.2, -0.15) is 0 Å². The molecule has 1 unspecified atom stereocenters. The summed E-state index contributed by atoms with van der Waals surface area (Å²) >= 11 is 0. The number of aromatic nitrogens is 1. The number of amides is 1. The monoisotopic (exact) mass is 381 g/mol. The molecular weight excluding hydrogens is 362 g/mol. The van der Waals surface area contributed by atoms with Crippen LogP contribution in [0.5, 0.6) is 0 Å². The first-order valence-corrected chi connectivity index (χ1v) is 8.65. The van der Waals surface area contributed by atoms with Gasteiger partial charge in [-0.15, -0.1) is 0 Å². The molecule has 1 aromatic heterocycles. The van der Waals surface area contributed by atoms with Gasteiger partial charge in [-0.25, -0.2) is 0 Å². The zero-order valence-corrected chi connectivity index (χ0v) is 15.4. The van der Waals surface area contributed by atoms with E-state index in [2.05, 4.69) is 10.3 Å². The van der Waals surface area contributed by atoms with Crippen LogP contribution in [0.25, 0.3) is 22.0 Å². The molecule has 3 aromatic rings. The zero-order valence-electron chi connectivity index (χ0n) is 15.4. The molecule has 0 aliphatic heterocycles. The molecule has 0 aliphatic carbocycles. The van der Waals surface area contributed by atoms with Crippen LogP contribution >= 0.6 is 0 Å². The van der Waals surface area contributed by atoms with Crippen LogP contribution in [0.2, 0.25) is 0 Å². The molecule has 8 heteroatoms. The summed E-state index contributed by atoms with van der Waals surface area (Å²) < 4.78 is 4.91. The van der Waals surface area contributed by atoms with Gasteiger partial charge >= 0.3 is 0 Å². The number of nitrogens with one attached hydrogen (secondary N) is 2. The van der Waals surface area contributed by atoms with Crippen LogP contribution in [0.15, 0.2) is 42.5 Å². The topological polar surface area (TPSA) is 114 Å². The van der Waals surface area contributed by atoms with Gasteiger partial charge in [-0.3, -0.25) is 19.7 Å². The second-order valence-corrected chi connectivity index (χ2v) is 6.48. The molecule has 28 heavy (non-hydrogen) atoms. The Balaban J connectivity index is 2.11. The van der Waals surface area contributed by atoms with Crippen molar-refractivity contribution in [2.24, 2.45) is 0 Å². The SMILES string of the molecule is CC(=O)Nc1cccc(-c2ccc([N+](=O)[O-])c3[nH]c(CC(C)OC=O)cc23)c1. The van der Waals surface area contributed by atoms with Crippen LogP contribution < -0.4 is 5.32 Å². The molecular formula is C20H19N3O5. The number of benzene rings is 2. The molecule has 0 bridgehead atoms. The first kappa shape index (κ1) is 19.1. The minimum atomic E-state index is -0.439. The standard InChI is InChI=1S/C20H19N3O5/c1-12(28-11-24)8-16-10-18-17(6-7-19(23(26)27)20(18)22-16)14-4-3-5-15(9-14)21-13(2)25/h3-7,9-12,22H,8H2,1-2H3,(H,21,25). The summed E-state index contributed by atoms with van der Waals surface area (Å²) in [4.78, 5) is 35.9. The van der Waals surface area contributed by atoms with Gasteiger partial charge in [0.25, 0.3) is 12.2 Å². The van der Waals surface area contributed by atoms with Gasteiger partial charge in [0.05, 0.1) is 4.92 Å². The Bertz CT molecular complexity index is 1060. The smallest absolute Gasteiger partial charge is 0.293 e. The lowest BCUT2D eigenvalue weighted by molar-refractivity contribution is -0.383. The first-order valence-electron chi connectivity index (χ1n) is 8.65. The van der Waals surface area contributed by atoms with Crippen molar-refractivity contribution in [3.05, 3.63) is 58.3 Å². The largest absolute Gasteiger partial charge is 0.464 e. The normalized spacial score (nSPS) is 11.8. The number of rotatable bonds is 7. The summed E-state index contributed by atoms with van der Waals surface area (Å²) in [5.41, 5.74) is 3.33. The van der Waals surface area contributed by atoms with Gasteiger partial charge in [-0.05, 0) is 42.3 Å². The number of hydrogen-bond donors (Lipinski definition) is 2. The van der Waals surface area contributed by atoms with Crippen molar-refractivity contribution in [3.8, 4) is 11.1 Å². The lowest BCUT2D eigenvalue weighted by atomic mass is 10.00. The minimum absolute atomic E-state index is 0.0352. The Hall–Kier alpha value is -3.68. The lowest BCUT2D eigenvalue weighted by Crippen LogP contribution is -2.10. The lowest BCUT2D eigenvalue weighted by Gasteiger charge is -2.07. The fourth-order valence-corrected chi connectivity index (χ4v) is 3.19. The third-order valence-corrected chi connectivity index (χ3v) is 4.31. The van der Waals surface area contributed by atoms with Crippen molar-refractivity contribution in [1.82, 2.24) is 4.98 Å². The van der Waals surface area contributed by atoms with Gasteiger partial charge < -0.3 is 15.0 Å². The Labute approximate surface area is 160 Å². The van der Waals surface area contributed by atoms with E-state index in [1.165, 1.54) is 13.0 Å². The molecule has 2 N–H and O–H groups in total. The summed E-state index contributed by atoms with van der Waals surface area (Å²) in [7, 11) is 0. The highest BCUT2D eigenvalue weighted by Crippen LogP contribution is 2.35. The maximum atomic E-state index is 11.4. The number of ether oxygens (including phenoxy) is 1. The maximum absolute atomic E-state index is 11.4. The molecule has 0 radical (unpaired) electrons. The zero-order chi connectivity index (χ0) is 20.3. The summed E-state index contributed by atoms with van der Waals surface area (Å²) in [5, 5.41) is 14.9. The second kappa shape index (κ2) is 7.91. The molecule has 1 heterocycles. The quantitative estimate of drug-likeness (QED) is 0.367. The van der Waals surface area contributed by atoms with E-state index in [1.54, 1.807) is 25.1 Å². The van der Waals surface area contributed by atoms with Crippen molar-refractivity contribution in [3.63, 3.8) is 0 Å². The molecule has 0 saturated heterocycles. The van der Waals surface area contributed by atoms with Crippen molar-refractivity contribution in [2.75, 3.05) is 5.32 Å². The third-order valence-electron chi connectivity index (χ3n) is 4.31. The molecule has 0 spiro atoms. The van der Waals surface area contributed by atoms with Crippen LogP contribution in [0.3, 0.4) is 0 Å². The molecule has 144 valence electrons. The number of fused-ring (bicyclic) bond motifs is 1. The van der Waals surface area contributed by atoms with E-state index in [0.717, 1.165) is 16.8 Å². The summed E-state index contributed by atoms with van der Waals surface area (Å²) in [6.45, 7) is 3.55. The predicted octanol–water partition coefficient (Wildman–Crippen LogP) is 3.81. The summed E-state index contributed by atoms with van der Waals surface area (Å²) in [6.07, 6.45) is 0.0341. The van der Waals surface area contributed by atoms with E-state index >= 15 is 0 Å². The number of nitro groups is 1. The number of carbonyl (C=O) groups excluding carboxylic acids is 2. The molecule has 1 amide bonds. The Morgan fingerprint density at radius 1 is 1.32 bits per heavy atom. The molecule has 3 rings (SSSR count). The molecule has 1 atom stereocenters. The fraction of sp³-hybridized carbons (Fsp3) is 0.200. The highest BCUT2D eigenvalue weighted by molar-refractivity contribution is 6.01. The molecule has 0 aliphatic rings. The van der Waals surface area contributed by atoms with Crippen molar-refractivity contribution in [2.45, 2.75) is 26.4 Å². The Kier molecular flexibility index (Phi) is 5.39. The number of anilines is 1. The number of carbonyl (C=O) groups is 2. The number of H-pyrrole nitrogens is 1. The van der Waals surface area contributed by atoms with E-state index < -0.39 is 4.92 Å². The second-order valence-electron chi connectivity index (χ2n) is 6.48. The van der Waals surface area contributed by atoms with Gasteiger partial charge in [0.1, 0.15) is 11.6 Å². The van der Waals surface area contributed by atoms with E-state index in [4.69, 9.17) is 4.74 Å². The first-order chi connectivity index (χ1) is 13.4. The minimum Gasteiger partial charge on any atom is -0.464 e. The molecule has 2 aromatic carbocycles. The van der Waals surface area contributed by atoms with E-state index in [1.807, 2.05) is 18.2 Å². The molecule has 0 saturated carbocycles. The maximum Gasteiger partial charge on any atom is 0.293 e. The van der Waals surface area contributed by atoms with E-state index in [9.17, 15) is 19.7 Å². The van der Waals surface area contributed by atoms with Crippen LogP contribution in [0, 0.1) is 10.1 Å². The van der Waals surface area contributed by atoms with Crippen LogP contribution in [0.1, 0.15) is 19.5 Å². The van der Waals surface area contributed by atoms with E-state index in [0.29, 0.717) is 29.5 Å². The van der Waals surface area contributed by atoms with Crippen LogP contribution in [0.4, 0.5) is 11.4 Å². The number of non-ortho nitro benzene ring substituents is 1. The van der Waals surface area contributed by atoms with Gasteiger partial charge in [-0.1, -0.05) is 12.1 Å². The van der Waals surface area contributed by atoms with Gasteiger partial charge in [0, 0.05) is 36.2 Å².